The summed E-state index contributed by atoms with van der Waals surface area (Å²) in [5.74, 6) is 0. The van der Waals surface area contributed by atoms with Gasteiger partial charge >= 0.3 is 6.18 Å². The van der Waals surface area contributed by atoms with Crippen molar-refractivity contribution in [2.75, 3.05) is 0 Å². The Kier molecular flexibility index (Phi) is 2.93. The quantitative estimate of drug-likeness (QED) is 0.693. The van der Waals surface area contributed by atoms with Crippen LogP contribution in [0.1, 0.15) is 25.0 Å². The van der Waals surface area contributed by atoms with E-state index in [4.69, 9.17) is 0 Å². The molecule has 3 heteroatoms. The van der Waals surface area contributed by atoms with Crippen molar-refractivity contribution in [3.05, 3.63) is 42.0 Å². The van der Waals surface area contributed by atoms with Gasteiger partial charge in [-0.25, -0.2) is 0 Å². The van der Waals surface area contributed by atoms with Crippen LogP contribution < -0.4 is 0 Å². The highest BCUT2D eigenvalue weighted by atomic mass is 19.4. The first-order valence-electron chi connectivity index (χ1n) is 4.59. The zero-order valence-corrected chi connectivity index (χ0v) is 8.73. The second kappa shape index (κ2) is 3.72. The standard InChI is InChI=1S/C12H13F3/c1-4-9-5-7-10(8-6-9)11(2,3)12(13,14)15/h4-8H,1H2,2-3H3. The van der Waals surface area contributed by atoms with Gasteiger partial charge in [-0.05, 0) is 25.0 Å². The molecule has 0 N–H and O–H groups in total. The second-order valence-electron chi connectivity index (χ2n) is 3.95. The van der Waals surface area contributed by atoms with Crippen LogP contribution in [0.25, 0.3) is 6.08 Å². The molecule has 0 unspecified atom stereocenters. The fourth-order valence-electron chi connectivity index (χ4n) is 1.20. The maximum absolute atomic E-state index is 12.7. The van der Waals surface area contributed by atoms with Crippen molar-refractivity contribution in [2.24, 2.45) is 0 Å². The molecule has 0 radical (unpaired) electrons. The Hall–Kier alpha value is -1.25. The average molecular weight is 214 g/mol. The van der Waals surface area contributed by atoms with Crippen LogP contribution in [0, 0.1) is 0 Å². The van der Waals surface area contributed by atoms with Crippen LogP contribution in [0.4, 0.5) is 13.2 Å². The SMILES string of the molecule is C=Cc1ccc(C(C)(C)C(F)(F)F)cc1. The van der Waals surface area contributed by atoms with Gasteiger partial charge in [0.05, 0.1) is 5.41 Å². The Bertz CT molecular complexity index is 344. The normalized spacial score (nSPS) is 12.6. The molecule has 1 aromatic rings. The van der Waals surface area contributed by atoms with Gasteiger partial charge in [-0.1, -0.05) is 36.9 Å². The van der Waals surface area contributed by atoms with Gasteiger partial charge < -0.3 is 0 Å². The molecule has 0 amide bonds. The minimum atomic E-state index is -4.23. The summed E-state index contributed by atoms with van der Waals surface area (Å²) in [7, 11) is 0. The van der Waals surface area contributed by atoms with Gasteiger partial charge in [-0.2, -0.15) is 13.2 Å². The molecule has 0 aliphatic rings. The summed E-state index contributed by atoms with van der Waals surface area (Å²) in [5, 5.41) is 0. The third-order valence-corrected chi connectivity index (χ3v) is 2.58. The van der Waals surface area contributed by atoms with Crippen molar-refractivity contribution in [1.29, 1.82) is 0 Å². The number of hydrogen-bond donors (Lipinski definition) is 0. The highest BCUT2D eigenvalue weighted by Crippen LogP contribution is 2.40. The lowest BCUT2D eigenvalue weighted by Gasteiger charge is -2.28. The van der Waals surface area contributed by atoms with E-state index in [0.29, 0.717) is 0 Å². The fourth-order valence-corrected chi connectivity index (χ4v) is 1.20. The molecule has 1 rings (SSSR count). The van der Waals surface area contributed by atoms with Crippen LogP contribution in [0.3, 0.4) is 0 Å². The third kappa shape index (κ3) is 2.22. The van der Waals surface area contributed by atoms with Crippen molar-refractivity contribution in [1.82, 2.24) is 0 Å². The zero-order chi connectivity index (χ0) is 11.7. The van der Waals surface area contributed by atoms with Crippen LogP contribution in [0.2, 0.25) is 0 Å². The molecule has 82 valence electrons. The Balaban J connectivity index is 3.11. The molecule has 0 saturated carbocycles. The van der Waals surface area contributed by atoms with E-state index in [1.807, 2.05) is 0 Å². The van der Waals surface area contributed by atoms with Crippen molar-refractivity contribution in [3.63, 3.8) is 0 Å². The minimum Gasteiger partial charge on any atom is -0.170 e. The summed E-state index contributed by atoms with van der Waals surface area (Å²) in [4.78, 5) is 0. The van der Waals surface area contributed by atoms with Crippen LogP contribution >= 0.6 is 0 Å². The number of rotatable bonds is 2. The molecule has 0 atom stereocenters. The van der Waals surface area contributed by atoms with Crippen LogP contribution in [-0.4, -0.2) is 6.18 Å². The Morgan fingerprint density at radius 1 is 1.07 bits per heavy atom. The third-order valence-electron chi connectivity index (χ3n) is 2.58. The zero-order valence-electron chi connectivity index (χ0n) is 8.73. The van der Waals surface area contributed by atoms with E-state index in [-0.39, 0.29) is 5.56 Å². The molecular formula is C12H13F3. The van der Waals surface area contributed by atoms with Crippen LogP contribution in [0.5, 0.6) is 0 Å². The molecule has 0 aliphatic carbocycles. The van der Waals surface area contributed by atoms with Gasteiger partial charge in [0.1, 0.15) is 0 Å². The van der Waals surface area contributed by atoms with Gasteiger partial charge in [0.2, 0.25) is 0 Å². The molecule has 0 heterocycles. The summed E-state index contributed by atoms with van der Waals surface area (Å²) < 4.78 is 38.0. The summed E-state index contributed by atoms with van der Waals surface area (Å²) >= 11 is 0. The van der Waals surface area contributed by atoms with Crippen LogP contribution in [-0.2, 0) is 5.41 Å². The van der Waals surface area contributed by atoms with Gasteiger partial charge in [0, 0.05) is 0 Å². The lowest BCUT2D eigenvalue weighted by atomic mass is 9.83. The minimum absolute atomic E-state index is 0.264. The molecule has 0 bridgehead atoms. The number of hydrogen-bond acceptors (Lipinski definition) is 0. The molecule has 0 saturated heterocycles. The monoisotopic (exact) mass is 214 g/mol. The summed E-state index contributed by atoms with van der Waals surface area (Å²) in [5.41, 5.74) is -0.732. The largest absolute Gasteiger partial charge is 0.397 e. The van der Waals surface area contributed by atoms with Gasteiger partial charge in [0.25, 0.3) is 0 Å². The van der Waals surface area contributed by atoms with Gasteiger partial charge in [0.15, 0.2) is 0 Å². The Morgan fingerprint density at radius 2 is 1.53 bits per heavy atom. The molecule has 0 aromatic heterocycles. The first-order valence-corrected chi connectivity index (χ1v) is 4.59. The predicted octanol–water partition coefficient (Wildman–Crippen LogP) is 4.17. The smallest absolute Gasteiger partial charge is 0.170 e. The maximum atomic E-state index is 12.7. The molecule has 1 aromatic carbocycles. The van der Waals surface area contributed by atoms with Crippen molar-refractivity contribution in [3.8, 4) is 0 Å². The lowest BCUT2D eigenvalue weighted by Crippen LogP contribution is -2.36. The number of halogens is 3. The second-order valence-corrected chi connectivity index (χ2v) is 3.95. The van der Waals surface area contributed by atoms with Gasteiger partial charge in [-0.15, -0.1) is 0 Å². The maximum Gasteiger partial charge on any atom is 0.397 e. The van der Waals surface area contributed by atoms with E-state index in [1.165, 1.54) is 26.0 Å². The van der Waals surface area contributed by atoms with E-state index in [2.05, 4.69) is 6.58 Å². The van der Waals surface area contributed by atoms with Crippen molar-refractivity contribution in [2.45, 2.75) is 25.4 Å². The number of alkyl halides is 3. The summed E-state index contributed by atoms with van der Waals surface area (Å²) in [6.45, 7) is 5.90. The van der Waals surface area contributed by atoms with Crippen molar-refractivity contribution >= 4 is 6.08 Å². The van der Waals surface area contributed by atoms with E-state index in [9.17, 15) is 13.2 Å². The molecule has 0 nitrogen and oxygen atoms in total. The molecule has 15 heavy (non-hydrogen) atoms. The first-order chi connectivity index (χ1) is 6.79. The predicted molar refractivity (Wildman–Crippen MR) is 55.6 cm³/mol. The lowest BCUT2D eigenvalue weighted by molar-refractivity contribution is -0.180. The van der Waals surface area contributed by atoms with E-state index in [1.54, 1.807) is 18.2 Å². The molecule has 0 spiro atoms. The van der Waals surface area contributed by atoms with Gasteiger partial charge in [-0.3, -0.25) is 0 Å². The van der Waals surface area contributed by atoms with E-state index in [0.717, 1.165) is 5.56 Å². The van der Waals surface area contributed by atoms with Crippen molar-refractivity contribution < 1.29 is 13.2 Å². The Labute approximate surface area is 87.4 Å². The highest BCUT2D eigenvalue weighted by Gasteiger charge is 2.48. The van der Waals surface area contributed by atoms with E-state index < -0.39 is 11.6 Å². The molecule has 0 aliphatic heterocycles. The Morgan fingerprint density at radius 3 is 1.87 bits per heavy atom. The van der Waals surface area contributed by atoms with Crippen LogP contribution in [0.15, 0.2) is 30.8 Å². The number of benzene rings is 1. The first kappa shape index (κ1) is 11.8. The molecule has 0 fully saturated rings. The highest BCUT2D eigenvalue weighted by molar-refractivity contribution is 5.48. The fraction of sp³-hybridized carbons (Fsp3) is 0.333. The average Bonchev–Trinajstić information content (AvgIpc) is 2.16. The summed E-state index contributed by atoms with van der Waals surface area (Å²) in [6.07, 6.45) is -2.63. The molecular weight excluding hydrogens is 201 g/mol. The summed E-state index contributed by atoms with van der Waals surface area (Å²) in [6, 6.07) is 6.25. The topological polar surface area (TPSA) is 0 Å². The van der Waals surface area contributed by atoms with E-state index >= 15 is 0 Å².